The van der Waals surface area contributed by atoms with Crippen LogP contribution in [0, 0.1) is 6.92 Å². The van der Waals surface area contributed by atoms with Crippen LogP contribution in [0.5, 0.6) is 5.75 Å². The van der Waals surface area contributed by atoms with Gasteiger partial charge in [0.15, 0.2) is 19.6 Å². The Morgan fingerprint density at radius 1 is 1.06 bits per heavy atom. The maximum atomic E-state index is 13.9. The molecule has 10 nitrogen and oxygen atoms in total. The summed E-state index contributed by atoms with van der Waals surface area (Å²) in [5.74, 6) is 0.467. The van der Waals surface area contributed by atoms with E-state index in [1.807, 2.05) is 42.9 Å². The van der Waals surface area contributed by atoms with Crippen LogP contribution in [0.4, 0.5) is 5.69 Å². The molecular formula is C36H53N7O3Si. The highest BCUT2D eigenvalue weighted by atomic mass is 28.4. The lowest BCUT2D eigenvalue weighted by Crippen LogP contribution is -2.67. The molecule has 0 bridgehead atoms. The molecule has 1 saturated heterocycles. The predicted octanol–water partition coefficient (Wildman–Crippen LogP) is 5.07. The van der Waals surface area contributed by atoms with Crippen LogP contribution in [0.3, 0.4) is 0 Å². The average molecular weight is 660 g/mol. The third-order valence-corrected chi connectivity index (χ3v) is 15.2. The third kappa shape index (κ3) is 6.06. The molecule has 4 heterocycles. The zero-order chi connectivity index (χ0) is 34.0. The summed E-state index contributed by atoms with van der Waals surface area (Å²) in [5, 5.41) is 7.94. The summed E-state index contributed by atoms with van der Waals surface area (Å²) in [6.45, 7) is 21.8. The fourth-order valence-corrected chi connectivity index (χ4v) is 8.14. The van der Waals surface area contributed by atoms with E-state index in [0.29, 0.717) is 16.5 Å². The molecule has 47 heavy (non-hydrogen) atoms. The second kappa shape index (κ2) is 11.6. The molecule has 2 N–H and O–H groups in total. The van der Waals surface area contributed by atoms with E-state index in [2.05, 4.69) is 93.5 Å². The summed E-state index contributed by atoms with van der Waals surface area (Å²) < 4.78 is 17.6. The van der Waals surface area contributed by atoms with Crippen molar-refractivity contribution in [1.82, 2.24) is 24.6 Å². The number of benzene rings is 1. The van der Waals surface area contributed by atoms with Gasteiger partial charge in [-0.2, -0.15) is 0 Å². The smallest absolute Gasteiger partial charge is 0.278 e. The van der Waals surface area contributed by atoms with Crippen molar-refractivity contribution in [3.63, 3.8) is 0 Å². The lowest BCUT2D eigenvalue weighted by Gasteiger charge is -2.46. The number of aromatic nitrogens is 3. The fourth-order valence-electron chi connectivity index (χ4n) is 6.50. The number of anilines is 1. The molecule has 0 amide bonds. The molecule has 11 heteroatoms. The van der Waals surface area contributed by atoms with Crippen LogP contribution in [-0.4, -0.2) is 64.7 Å². The summed E-state index contributed by atoms with van der Waals surface area (Å²) >= 11 is 0. The highest BCUT2D eigenvalue weighted by molar-refractivity contribution is 6.74. The summed E-state index contributed by atoms with van der Waals surface area (Å²) in [6.07, 6.45) is 7.23. The molecule has 2 aromatic heterocycles. The highest BCUT2D eigenvalue weighted by Gasteiger charge is 2.65. The molecule has 1 aliphatic carbocycles. The topological polar surface area (TPSA) is 97.9 Å². The van der Waals surface area contributed by atoms with Gasteiger partial charge in [0.2, 0.25) is 5.79 Å². The molecule has 3 aliphatic rings. The van der Waals surface area contributed by atoms with E-state index in [-0.39, 0.29) is 22.2 Å². The van der Waals surface area contributed by atoms with Crippen molar-refractivity contribution < 1.29 is 9.16 Å². The van der Waals surface area contributed by atoms with E-state index >= 15 is 0 Å². The number of nitrogens with zero attached hydrogens (tertiary/aromatic N) is 5. The van der Waals surface area contributed by atoms with Crippen molar-refractivity contribution in [2.24, 2.45) is 4.99 Å². The minimum absolute atomic E-state index is 0.00393. The number of nitrogens with one attached hydrogen (secondary N) is 2. The van der Waals surface area contributed by atoms with Crippen LogP contribution in [0.15, 0.2) is 52.4 Å². The minimum Gasteiger partial charge on any atom is -0.487 e. The summed E-state index contributed by atoms with van der Waals surface area (Å²) in [7, 11) is -0.0729. The molecule has 0 spiro atoms. The number of hydrogen-bond donors (Lipinski definition) is 2. The van der Waals surface area contributed by atoms with Crippen molar-refractivity contribution in [1.29, 1.82) is 0 Å². The summed E-state index contributed by atoms with van der Waals surface area (Å²) in [4.78, 5) is 26.3. The van der Waals surface area contributed by atoms with Crippen LogP contribution in [-0.2, 0) is 4.43 Å². The number of aryl methyl sites for hydroxylation is 1. The molecule has 1 atom stereocenters. The van der Waals surface area contributed by atoms with Crippen LogP contribution >= 0.6 is 0 Å². The Hall–Kier alpha value is -3.41. The third-order valence-electron chi connectivity index (χ3n) is 10.7. The molecule has 1 unspecified atom stereocenters. The Labute approximate surface area is 280 Å². The van der Waals surface area contributed by atoms with E-state index in [0.717, 1.165) is 55.8 Å². The molecule has 0 radical (unpaired) electrons. The summed E-state index contributed by atoms with van der Waals surface area (Å²) in [5.41, 5.74) is 1.59. The van der Waals surface area contributed by atoms with Gasteiger partial charge in [-0.15, -0.1) is 0 Å². The number of piperidine rings is 1. The van der Waals surface area contributed by atoms with E-state index in [1.54, 1.807) is 10.9 Å². The first kappa shape index (κ1) is 33.5. The molecule has 254 valence electrons. The van der Waals surface area contributed by atoms with Gasteiger partial charge >= 0.3 is 0 Å². The van der Waals surface area contributed by atoms with Gasteiger partial charge in [-0.3, -0.25) is 4.79 Å². The molecule has 2 fully saturated rings. The molecule has 1 saturated carbocycles. The number of fused-ring (bicyclic) bond motifs is 1. The SMILES string of the molecule is Cc1cc(NC2(C3(O[Si](C)(C)C(C)(C)C)CC3)N=c3c(c(=O)n(C(C)C)n3-c3ccccn3)=CN2)ccc1OC1(C)CCN(C)CC1. The van der Waals surface area contributed by atoms with Crippen molar-refractivity contribution in [3.05, 3.63) is 69.2 Å². The Bertz CT molecular complexity index is 1810. The lowest BCUT2D eigenvalue weighted by atomic mass is 9.93. The van der Waals surface area contributed by atoms with Gasteiger partial charge in [0.1, 0.15) is 22.2 Å². The maximum Gasteiger partial charge on any atom is 0.278 e. The number of ether oxygens (including phenoxy) is 1. The highest BCUT2D eigenvalue weighted by Crippen LogP contribution is 2.54. The van der Waals surface area contributed by atoms with E-state index in [1.165, 1.54) is 0 Å². The van der Waals surface area contributed by atoms with Gasteiger partial charge < -0.3 is 24.7 Å². The van der Waals surface area contributed by atoms with Crippen LogP contribution in [0.25, 0.3) is 12.0 Å². The van der Waals surface area contributed by atoms with Crippen LogP contribution in [0.2, 0.25) is 18.1 Å². The summed E-state index contributed by atoms with van der Waals surface area (Å²) in [6, 6.07) is 11.9. The number of pyridine rings is 1. The van der Waals surface area contributed by atoms with Gasteiger partial charge in [0.05, 0.1) is 0 Å². The fraction of sp³-hybridized carbons (Fsp3) is 0.583. The van der Waals surface area contributed by atoms with Gasteiger partial charge in [-0.25, -0.2) is 19.3 Å². The first-order valence-electron chi connectivity index (χ1n) is 17.1. The first-order chi connectivity index (χ1) is 22.0. The second-order valence-corrected chi connectivity index (χ2v) is 20.6. The molecule has 1 aromatic carbocycles. The number of likely N-dealkylation sites (tertiary alicyclic amines) is 1. The van der Waals surface area contributed by atoms with Crippen molar-refractivity contribution in [2.75, 3.05) is 25.5 Å². The van der Waals surface area contributed by atoms with Crippen LogP contribution in [0.1, 0.15) is 78.8 Å². The average Bonchev–Trinajstić information content (AvgIpc) is 3.72. The van der Waals surface area contributed by atoms with E-state index in [4.69, 9.17) is 14.2 Å². The van der Waals surface area contributed by atoms with Gasteiger partial charge in [-0.05, 0) is 114 Å². The van der Waals surface area contributed by atoms with Gasteiger partial charge in [-0.1, -0.05) is 26.8 Å². The van der Waals surface area contributed by atoms with Crippen molar-refractivity contribution in [3.8, 4) is 11.6 Å². The lowest BCUT2D eigenvalue weighted by molar-refractivity contribution is 0.0235. The minimum atomic E-state index is -2.24. The second-order valence-electron chi connectivity index (χ2n) is 15.9. The van der Waals surface area contributed by atoms with Crippen LogP contribution < -0.4 is 31.6 Å². The van der Waals surface area contributed by atoms with Crippen molar-refractivity contribution in [2.45, 2.75) is 115 Å². The Kier molecular flexibility index (Phi) is 8.28. The zero-order valence-electron chi connectivity index (χ0n) is 29.9. The molecule has 2 aliphatic heterocycles. The normalized spacial score (nSPS) is 22.1. The molecule has 6 rings (SSSR count). The van der Waals surface area contributed by atoms with Crippen molar-refractivity contribution >= 4 is 20.2 Å². The van der Waals surface area contributed by atoms with E-state index in [9.17, 15) is 4.79 Å². The van der Waals surface area contributed by atoms with E-state index < -0.39 is 19.7 Å². The Balaban J connectivity index is 1.47. The Morgan fingerprint density at radius 3 is 2.34 bits per heavy atom. The largest absolute Gasteiger partial charge is 0.487 e. The molecular weight excluding hydrogens is 607 g/mol. The van der Waals surface area contributed by atoms with Gasteiger partial charge in [0.25, 0.3) is 5.56 Å². The predicted molar refractivity (Wildman–Crippen MR) is 190 cm³/mol. The quantitative estimate of drug-likeness (QED) is 0.310. The first-order valence-corrected chi connectivity index (χ1v) is 20.0. The Morgan fingerprint density at radius 2 is 1.77 bits per heavy atom. The van der Waals surface area contributed by atoms with Gasteiger partial charge in [0, 0.05) is 37.2 Å². The monoisotopic (exact) mass is 659 g/mol. The molecule has 3 aromatic rings. The zero-order valence-corrected chi connectivity index (χ0v) is 30.9. The number of hydrogen-bond acceptors (Lipinski definition) is 8. The maximum absolute atomic E-state index is 13.9. The standard InChI is InChI=1S/C36H53N7O3Si/c1-25(2)42-32(44)28-24-38-36(35(16-17-35)46-47(9,10)33(4,5)6,40-31(28)43(42)30-13-11-12-20-37-30)39-27-14-15-29(26(3)23-27)45-34(7)18-21-41(8)22-19-34/h11-15,20,23-25,38-39H,16-19,21-22H2,1-10H3. The number of rotatable bonds is 9.